The van der Waals surface area contributed by atoms with Crippen LogP contribution < -0.4 is 5.32 Å². The van der Waals surface area contributed by atoms with Gasteiger partial charge in [-0.3, -0.25) is 4.79 Å². The van der Waals surface area contributed by atoms with Crippen molar-refractivity contribution in [3.63, 3.8) is 0 Å². The van der Waals surface area contributed by atoms with Crippen LogP contribution in [0.25, 0.3) is 0 Å². The van der Waals surface area contributed by atoms with E-state index in [-0.39, 0.29) is 6.10 Å². The lowest BCUT2D eigenvalue weighted by Crippen LogP contribution is -2.41. The van der Waals surface area contributed by atoms with Crippen molar-refractivity contribution in [3.8, 4) is 0 Å². The van der Waals surface area contributed by atoms with Crippen molar-refractivity contribution in [3.05, 3.63) is 34.9 Å². The average Bonchev–Trinajstić information content (AvgIpc) is 3.06. The number of hydrogen-bond acceptors (Lipinski definition) is 4. The van der Waals surface area contributed by atoms with Crippen LogP contribution in [-0.4, -0.2) is 42.4 Å². The lowest BCUT2D eigenvalue weighted by molar-refractivity contribution is -0.145. The minimum Gasteiger partial charge on any atom is -0.479 e. The van der Waals surface area contributed by atoms with E-state index in [0.29, 0.717) is 12.2 Å². The molecule has 3 unspecified atom stereocenters. The first-order valence-electron chi connectivity index (χ1n) is 8.22. The summed E-state index contributed by atoms with van der Waals surface area (Å²) >= 11 is 0. The number of benzene rings is 1. The Morgan fingerprint density at radius 2 is 2.12 bits per heavy atom. The zero-order valence-corrected chi connectivity index (χ0v) is 14.4. The van der Waals surface area contributed by atoms with Crippen LogP contribution in [-0.2, 0) is 19.1 Å². The molecule has 0 aliphatic carbocycles. The second kappa shape index (κ2) is 8.26. The van der Waals surface area contributed by atoms with Crippen molar-refractivity contribution in [1.29, 1.82) is 0 Å². The maximum absolute atomic E-state index is 12.2. The highest BCUT2D eigenvalue weighted by molar-refractivity contribution is 5.86. The van der Waals surface area contributed by atoms with Gasteiger partial charge in [0, 0.05) is 6.61 Å². The highest BCUT2D eigenvalue weighted by Crippen LogP contribution is 2.18. The van der Waals surface area contributed by atoms with Crippen LogP contribution in [0.4, 0.5) is 0 Å². The first-order valence-corrected chi connectivity index (χ1v) is 8.22. The third kappa shape index (κ3) is 4.79. The normalized spacial score (nSPS) is 19.7. The van der Waals surface area contributed by atoms with Gasteiger partial charge >= 0.3 is 5.97 Å². The van der Waals surface area contributed by atoms with Gasteiger partial charge in [0.2, 0.25) is 5.91 Å². The van der Waals surface area contributed by atoms with Crippen molar-refractivity contribution >= 4 is 11.9 Å². The zero-order valence-electron chi connectivity index (χ0n) is 14.4. The molecule has 1 heterocycles. The van der Waals surface area contributed by atoms with Crippen LogP contribution in [0.15, 0.2) is 18.2 Å². The van der Waals surface area contributed by atoms with Gasteiger partial charge in [-0.1, -0.05) is 18.2 Å². The molecular weight excluding hydrogens is 310 g/mol. The summed E-state index contributed by atoms with van der Waals surface area (Å²) in [4.78, 5) is 23.8. The minimum absolute atomic E-state index is 0.0234. The predicted octanol–water partition coefficient (Wildman–Crippen LogP) is 2.13. The molecule has 1 aromatic rings. The van der Waals surface area contributed by atoms with Crippen molar-refractivity contribution in [2.75, 3.05) is 13.2 Å². The summed E-state index contributed by atoms with van der Waals surface area (Å²) in [7, 11) is 0. The van der Waals surface area contributed by atoms with Gasteiger partial charge < -0.3 is 19.9 Å². The molecule has 1 aliphatic rings. The molecular formula is C18H25NO5. The quantitative estimate of drug-likeness (QED) is 0.797. The summed E-state index contributed by atoms with van der Waals surface area (Å²) in [5, 5.41) is 12.0. The maximum Gasteiger partial charge on any atom is 0.330 e. The number of rotatable bonds is 7. The lowest BCUT2D eigenvalue weighted by Gasteiger charge is -2.20. The molecule has 0 aromatic heterocycles. The van der Waals surface area contributed by atoms with Gasteiger partial charge in [-0.15, -0.1) is 0 Å². The number of carbonyl (C=O) groups is 2. The summed E-state index contributed by atoms with van der Waals surface area (Å²) in [6.07, 6.45) is 1.22. The largest absolute Gasteiger partial charge is 0.479 e. The van der Waals surface area contributed by atoms with Crippen molar-refractivity contribution < 1.29 is 24.2 Å². The molecule has 3 atom stereocenters. The number of hydrogen-bond donors (Lipinski definition) is 2. The van der Waals surface area contributed by atoms with Gasteiger partial charge in [0.15, 0.2) is 6.04 Å². The first kappa shape index (κ1) is 18.4. The molecule has 0 bridgehead atoms. The molecule has 6 nitrogen and oxygen atoms in total. The molecule has 0 spiro atoms. The Hall–Kier alpha value is -1.92. The van der Waals surface area contributed by atoms with E-state index < -0.39 is 24.0 Å². The van der Waals surface area contributed by atoms with E-state index in [1.54, 1.807) is 19.1 Å². The number of carboxylic acid groups (broad SMARTS) is 1. The molecule has 1 aliphatic heterocycles. The van der Waals surface area contributed by atoms with Crippen molar-refractivity contribution in [2.45, 2.75) is 51.9 Å². The standard InChI is InChI=1S/C18H25NO5/c1-11-6-7-14(9-12(11)2)16(18(21)22)19-17(20)13(3)24-10-15-5-4-8-23-15/h6-7,9,13,15-16H,4-5,8,10H2,1-3H3,(H,19,20)(H,21,22). The monoisotopic (exact) mass is 335 g/mol. The van der Waals surface area contributed by atoms with Gasteiger partial charge in [-0.2, -0.15) is 0 Å². The van der Waals surface area contributed by atoms with E-state index in [1.807, 2.05) is 19.9 Å². The third-order valence-electron chi connectivity index (χ3n) is 4.32. The number of amides is 1. The van der Waals surface area contributed by atoms with E-state index in [2.05, 4.69) is 5.32 Å². The molecule has 24 heavy (non-hydrogen) atoms. The van der Waals surface area contributed by atoms with Crippen molar-refractivity contribution in [1.82, 2.24) is 5.32 Å². The smallest absolute Gasteiger partial charge is 0.330 e. The van der Waals surface area contributed by atoms with Crippen LogP contribution in [0.3, 0.4) is 0 Å². The molecule has 0 radical (unpaired) electrons. The Kier molecular flexibility index (Phi) is 6.34. The highest BCUT2D eigenvalue weighted by Gasteiger charge is 2.26. The lowest BCUT2D eigenvalue weighted by atomic mass is 10.0. The summed E-state index contributed by atoms with van der Waals surface area (Å²) in [5.74, 6) is -1.54. The molecule has 2 rings (SSSR count). The summed E-state index contributed by atoms with van der Waals surface area (Å²) in [6.45, 7) is 6.55. The molecule has 6 heteroatoms. The summed E-state index contributed by atoms with van der Waals surface area (Å²) in [5.41, 5.74) is 2.60. The predicted molar refractivity (Wildman–Crippen MR) is 88.8 cm³/mol. The molecule has 1 amide bonds. The number of aryl methyl sites for hydroxylation is 2. The van der Waals surface area contributed by atoms with Gasteiger partial charge in [0.1, 0.15) is 6.10 Å². The van der Waals surface area contributed by atoms with Crippen LogP contribution >= 0.6 is 0 Å². The number of carboxylic acids is 1. The van der Waals surface area contributed by atoms with E-state index in [1.165, 1.54) is 0 Å². The number of nitrogens with one attached hydrogen (secondary N) is 1. The Balaban J connectivity index is 1.96. The molecule has 132 valence electrons. The fourth-order valence-electron chi connectivity index (χ4n) is 2.59. The first-order chi connectivity index (χ1) is 11.4. The minimum atomic E-state index is -1.10. The SMILES string of the molecule is Cc1ccc(C(NC(=O)C(C)OCC2CCCO2)C(=O)O)cc1C. The average molecular weight is 335 g/mol. The van der Waals surface area contributed by atoms with Crippen LogP contribution in [0.1, 0.15) is 42.5 Å². The van der Waals surface area contributed by atoms with E-state index in [9.17, 15) is 14.7 Å². The van der Waals surface area contributed by atoms with Gasteiger partial charge in [0.05, 0.1) is 12.7 Å². The second-order valence-electron chi connectivity index (χ2n) is 6.23. The van der Waals surface area contributed by atoms with Gasteiger partial charge in [-0.05, 0) is 50.3 Å². The fraction of sp³-hybridized carbons (Fsp3) is 0.556. The third-order valence-corrected chi connectivity index (χ3v) is 4.32. The Morgan fingerprint density at radius 3 is 2.71 bits per heavy atom. The molecule has 2 N–H and O–H groups in total. The Bertz CT molecular complexity index is 595. The second-order valence-corrected chi connectivity index (χ2v) is 6.23. The number of carbonyl (C=O) groups excluding carboxylic acids is 1. The molecule has 1 saturated heterocycles. The van der Waals surface area contributed by atoms with E-state index in [4.69, 9.17) is 9.47 Å². The molecule has 1 fully saturated rings. The van der Waals surface area contributed by atoms with Crippen molar-refractivity contribution in [2.24, 2.45) is 0 Å². The van der Waals surface area contributed by atoms with E-state index >= 15 is 0 Å². The van der Waals surface area contributed by atoms with Crippen LogP contribution in [0, 0.1) is 13.8 Å². The molecule has 0 saturated carbocycles. The summed E-state index contributed by atoms with van der Waals surface area (Å²) in [6, 6.07) is 4.26. The topological polar surface area (TPSA) is 84.9 Å². The Labute approximate surface area is 142 Å². The number of aliphatic carboxylic acids is 1. The van der Waals surface area contributed by atoms with Gasteiger partial charge in [0.25, 0.3) is 0 Å². The fourth-order valence-corrected chi connectivity index (χ4v) is 2.59. The van der Waals surface area contributed by atoms with E-state index in [0.717, 1.165) is 30.6 Å². The molecule has 1 aromatic carbocycles. The van der Waals surface area contributed by atoms with Gasteiger partial charge in [-0.25, -0.2) is 4.79 Å². The highest BCUT2D eigenvalue weighted by atomic mass is 16.5. The zero-order chi connectivity index (χ0) is 17.7. The van der Waals surface area contributed by atoms with Crippen LogP contribution in [0.2, 0.25) is 0 Å². The summed E-state index contributed by atoms with van der Waals surface area (Å²) < 4.78 is 11.0. The number of ether oxygens (including phenoxy) is 2. The Morgan fingerprint density at radius 1 is 1.38 bits per heavy atom. The maximum atomic E-state index is 12.2. The van der Waals surface area contributed by atoms with Crippen LogP contribution in [0.5, 0.6) is 0 Å².